The number of hydrogen-bond acceptors (Lipinski definition) is 4. The Morgan fingerprint density at radius 2 is 2.35 bits per heavy atom. The average Bonchev–Trinajstić information content (AvgIpc) is 3.16. The van der Waals surface area contributed by atoms with Crippen LogP contribution in [0.3, 0.4) is 0 Å². The first-order chi connectivity index (χ1) is 9.83. The van der Waals surface area contributed by atoms with Crippen molar-refractivity contribution in [1.29, 1.82) is 0 Å². The Labute approximate surface area is 121 Å². The average molecular weight is 287 g/mol. The van der Waals surface area contributed by atoms with Crippen LogP contribution in [0, 0.1) is 0 Å². The monoisotopic (exact) mass is 287 g/mol. The zero-order valence-electron chi connectivity index (χ0n) is 11.3. The van der Waals surface area contributed by atoms with Crippen LogP contribution in [0.2, 0.25) is 0 Å². The van der Waals surface area contributed by atoms with Crippen LogP contribution in [0.5, 0.6) is 0 Å². The van der Waals surface area contributed by atoms with Gasteiger partial charge in [0, 0.05) is 25.4 Å². The molecule has 0 saturated carbocycles. The lowest BCUT2D eigenvalue weighted by Crippen LogP contribution is -2.16. The van der Waals surface area contributed by atoms with Crippen molar-refractivity contribution in [3.63, 3.8) is 0 Å². The predicted molar refractivity (Wildman–Crippen MR) is 80.5 cm³/mol. The summed E-state index contributed by atoms with van der Waals surface area (Å²) in [5, 5.41) is 16.9. The number of nitrogens with one attached hydrogen (secondary N) is 2. The third-order valence-corrected chi connectivity index (χ3v) is 4.04. The molecule has 0 fully saturated rings. The molecule has 0 radical (unpaired) electrons. The van der Waals surface area contributed by atoms with Crippen LogP contribution in [0.25, 0.3) is 10.6 Å². The van der Waals surface area contributed by atoms with Crippen LogP contribution in [0.15, 0.2) is 36.1 Å². The molecule has 20 heavy (non-hydrogen) atoms. The number of aromatic amines is 1. The zero-order chi connectivity index (χ0) is 13.8. The predicted octanol–water partition coefficient (Wildman–Crippen LogP) is 2.20. The second-order valence-corrected chi connectivity index (χ2v) is 5.64. The van der Waals surface area contributed by atoms with E-state index in [2.05, 4.69) is 44.3 Å². The van der Waals surface area contributed by atoms with E-state index in [0.717, 1.165) is 25.2 Å². The van der Waals surface area contributed by atoms with E-state index in [4.69, 9.17) is 0 Å². The van der Waals surface area contributed by atoms with E-state index in [9.17, 15) is 0 Å². The maximum absolute atomic E-state index is 4.17. The molecule has 3 aromatic rings. The van der Waals surface area contributed by atoms with Crippen molar-refractivity contribution in [1.82, 2.24) is 25.3 Å². The summed E-state index contributed by atoms with van der Waals surface area (Å²) in [4.78, 5) is 1.23. The lowest BCUT2D eigenvalue weighted by Gasteiger charge is -2.03. The molecule has 0 amide bonds. The van der Waals surface area contributed by atoms with Crippen LogP contribution in [-0.2, 0) is 20.0 Å². The number of H-pyrrole nitrogens is 1. The third-order valence-electron chi connectivity index (χ3n) is 3.15. The number of thiophene rings is 1. The highest BCUT2D eigenvalue weighted by Crippen LogP contribution is 2.25. The molecule has 0 aromatic carbocycles. The minimum absolute atomic E-state index is 0.823. The first kappa shape index (κ1) is 13.1. The van der Waals surface area contributed by atoms with E-state index in [1.54, 1.807) is 11.3 Å². The molecular weight excluding hydrogens is 270 g/mol. The number of hydrogen-bond donors (Lipinski definition) is 2. The third kappa shape index (κ3) is 2.97. The normalized spacial score (nSPS) is 11.1. The molecule has 6 heteroatoms. The standard InChI is InChI=1S/C14H17N5S/c1-19-10-11(7-17-19)4-5-15-8-12-9-16-18-14(12)13-3-2-6-20-13/h2-3,6-7,9-10,15H,4-5,8H2,1H3,(H,16,18). The Morgan fingerprint density at radius 1 is 1.40 bits per heavy atom. The molecular formula is C14H17N5S. The molecule has 104 valence electrons. The van der Waals surface area contributed by atoms with Gasteiger partial charge >= 0.3 is 0 Å². The second kappa shape index (κ2) is 6.02. The molecule has 0 aliphatic rings. The van der Waals surface area contributed by atoms with Crippen molar-refractivity contribution < 1.29 is 0 Å². The van der Waals surface area contributed by atoms with Crippen molar-refractivity contribution in [2.45, 2.75) is 13.0 Å². The van der Waals surface area contributed by atoms with E-state index in [1.807, 2.05) is 24.1 Å². The SMILES string of the molecule is Cn1cc(CCNCc2cn[nH]c2-c2cccs2)cn1. The van der Waals surface area contributed by atoms with Gasteiger partial charge in [-0.25, -0.2) is 0 Å². The van der Waals surface area contributed by atoms with Gasteiger partial charge in [0.2, 0.25) is 0 Å². The molecule has 3 rings (SSSR count). The van der Waals surface area contributed by atoms with Crippen molar-refractivity contribution in [2.75, 3.05) is 6.54 Å². The van der Waals surface area contributed by atoms with Crippen LogP contribution in [0.4, 0.5) is 0 Å². The van der Waals surface area contributed by atoms with E-state index in [1.165, 1.54) is 16.0 Å². The minimum atomic E-state index is 0.823. The quantitative estimate of drug-likeness (QED) is 0.683. The van der Waals surface area contributed by atoms with Crippen LogP contribution >= 0.6 is 11.3 Å². The Morgan fingerprint density at radius 3 is 3.10 bits per heavy atom. The van der Waals surface area contributed by atoms with Gasteiger partial charge in [0.15, 0.2) is 0 Å². The first-order valence-corrected chi connectivity index (χ1v) is 7.45. The lowest BCUT2D eigenvalue weighted by atomic mass is 10.2. The van der Waals surface area contributed by atoms with Crippen LogP contribution in [0.1, 0.15) is 11.1 Å². The van der Waals surface area contributed by atoms with Crippen molar-refractivity contribution in [2.24, 2.45) is 7.05 Å². The molecule has 5 nitrogen and oxygen atoms in total. The summed E-state index contributed by atoms with van der Waals surface area (Å²) in [6.45, 7) is 1.75. The summed E-state index contributed by atoms with van der Waals surface area (Å²) < 4.78 is 1.83. The summed E-state index contributed by atoms with van der Waals surface area (Å²) in [6, 6.07) is 4.16. The van der Waals surface area contributed by atoms with Gasteiger partial charge in [-0.05, 0) is 30.0 Å². The van der Waals surface area contributed by atoms with Gasteiger partial charge in [-0.15, -0.1) is 11.3 Å². The fraction of sp³-hybridized carbons (Fsp3) is 0.286. The van der Waals surface area contributed by atoms with E-state index in [0.29, 0.717) is 0 Å². The smallest absolute Gasteiger partial charge is 0.0794 e. The van der Waals surface area contributed by atoms with E-state index >= 15 is 0 Å². The van der Waals surface area contributed by atoms with Gasteiger partial charge in [-0.3, -0.25) is 9.78 Å². The van der Waals surface area contributed by atoms with Crippen molar-refractivity contribution in [3.8, 4) is 10.6 Å². The van der Waals surface area contributed by atoms with E-state index in [-0.39, 0.29) is 0 Å². The molecule has 0 aliphatic heterocycles. The highest BCUT2D eigenvalue weighted by Gasteiger charge is 2.07. The number of aromatic nitrogens is 4. The molecule has 0 spiro atoms. The Bertz CT molecular complexity index is 653. The Kier molecular flexibility index (Phi) is 3.94. The largest absolute Gasteiger partial charge is 0.312 e. The maximum atomic E-state index is 4.17. The lowest BCUT2D eigenvalue weighted by molar-refractivity contribution is 0.687. The molecule has 0 atom stereocenters. The van der Waals surface area contributed by atoms with Gasteiger partial charge < -0.3 is 5.32 Å². The summed E-state index contributed by atoms with van der Waals surface area (Å²) in [7, 11) is 1.94. The molecule has 3 heterocycles. The van der Waals surface area contributed by atoms with Gasteiger partial charge in [0.1, 0.15) is 0 Å². The molecule has 0 aliphatic carbocycles. The molecule has 3 aromatic heterocycles. The van der Waals surface area contributed by atoms with Gasteiger partial charge in [-0.1, -0.05) is 6.07 Å². The van der Waals surface area contributed by atoms with Gasteiger partial charge in [-0.2, -0.15) is 10.2 Å². The fourth-order valence-corrected chi connectivity index (χ4v) is 2.89. The number of nitrogens with zero attached hydrogens (tertiary/aromatic N) is 3. The first-order valence-electron chi connectivity index (χ1n) is 6.57. The summed E-state index contributed by atoms with van der Waals surface area (Å²) in [5.41, 5.74) is 3.58. The van der Waals surface area contributed by atoms with Crippen molar-refractivity contribution in [3.05, 3.63) is 47.2 Å². The van der Waals surface area contributed by atoms with Crippen LogP contribution < -0.4 is 5.32 Å². The highest BCUT2D eigenvalue weighted by atomic mass is 32.1. The number of rotatable bonds is 6. The van der Waals surface area contributed by atoms with Crippen molar-refractivity contribution >= 4 is 11.3 Å². The van der Waals surface area contributed by atoms with Gasteiger partial charge in [0.05, 0.1) is 23.0 Å². The van der Waals surface area contributed by atoms with Gasteiger partial charge in [0.25, 0.3) is 0 Å². The minimum Gasteiger partial charge on any atom is -0.312 e. The van der Waals surface area contributed by atoms with E-state index < -0.39 is 0 Å². The van der Waals surface area contributed by atoms with Crippen LogP contribution in [-0.4, -0.2) is 26.5 Å². The molecule has 0 saturated heterocycles. The highest BCUT2D eigenvalue weighted by molar-refractivity contribution is 7.13. The summed E-state index contributed by atoms with van der Waals surface area (Å²) >= 11 is 1.72. The molecule has 2 N–H and O–H groups in total. The molecule has 0 unspecified atom stereocenters. The summed E-state index contributed by atoms with van der Waals surface area (Å²) in [5.74, 6) is 0. The second-order valence-electron chi connectivity index (χ2n) is 4.70. The fourth-order valence-electron chi connectivity index (χ4n) is 2.14. The Balaban J connectivity index is 1.53. The Hall–Kier alpha value is -1.92. The summed E-state index contributed by atoms with van der Waals surface area (Å²) in [6.07, 6.45) is 6.85. The zero-order valence-corrected chi connectivity index (χ0v) is 12.2. The number of aryl methyl sites for hydroxylation is 1. The molecule has 0 bridgehead atoms. The topological polar surface area (TPSA) is 58.5 Å². The maximum Gasteiger partial charge on any atom is 0.0794 e.